The summed E-state index contributed by atoms with van der Waals surface area (Å²) in [7, 11) is -1.93. The maximum atomic E-state index is 14.2. The molecule has 21 heavy (non-hydrogen) atoms. The molecule has 1 aliphatic rings. The van der Waals surface area contributed by atoms with Gasteiger partial charge in [-0.05, 0) is 25.8 Å². The fourth-order valence-corrected chi connectivity index (χ4v) is 2.60. The van der Waals surface area contributed by atoms with E-state index in [1.807, 2.05) is 6.92 Å². The zero-order valence-corrected chi connectivity index (χ0v) is 12.0. The van der Waals surface area contributed by atoms with Gasteiger partial charge in [-0.2, -0.15) is 0 Å². The largest absolute Gasteiger partial charge is 0.491 e. The number of carbonyl (C=O) groups is 1. The summed E-state index contributed by atoms with van der Waals surface area (Å²) in [5.74, 6) is -1.31. The standard InChI is InChI=1S/C14H19BFNO4/c1-2-21-9-10-5-4-8-17(10)14(18)11-6-3-7-12(13(11)16)15(19)20/h3,6-7,10,19-20H,2,4-5,8-9H2,1H3/t10-/m0/s1. The molecule has 0 saturated carbocycles. The monoisotopic (exact) mass is 295 g/mol. The Labute approximate surface area is 123 Å². The minimum Gasteiger partial charge on any atom is -0.423 e. The number of hydrogen-bond donors (Lipinski definition) is 2. The van der Waals surface area contributed by atoms with Gasteiger partial charge < -0.3 is 19.7 Å². The van der Waals surface area contributed by atoms with Gasteiger partial charge in [0.1, 0.15) is 5.82 Å². The van der Waals surface area contributed by atoms with E-state index in [-0.39, 0.29) is 17.1 Å². The van der Waals surface area contributed by atoms with E-state index < -0.39 is 18.8 Å². The molecule has 1 saturated heterocycles. The van der Waals surface area contributed by atoms with Crippen LogP contribution in [0.2, 0.25) is 0 Å². The van der Waals surface area contributed by atoms with Crippen molar-refractivity contribution in [2.45, 2.75) is 25.8 Å². The van der Waals surface area contributed by atoms with Crippen molar-refractivity contribution in [1.82, 2.24) is 4.90 Å². The second-order valence-electron chi connectivity index (χ2n) is 5.04. The van der Waals surface area contributed by atoms with Crippen molar-refractivity contribution in [3.8, 4) is 0 Å². The molecule has 2 N–H and O–H groups in total. The zero-order valence-electron chi connectivity index (χ0n) is 12.0. The fraction of sp³-hybridized carbons (Fsp3) is 0.500. The lowest BCUT2D eigenvalue weighted by atomic mass is 9.79. The van der Waals surface area contributed by atoms with Crippen LogP contribution in [0.1, 0.15) is 30.1 Å². The fourth-order valence-electron chi connectivity index (χ4n) is 2.60. The molecular formula is C14H19BFNO4. The average Bonchev–Trinajstić information content (AvgIpc) is 2.92. The lowest BCUT2D eigenvalue weighted by Gasteiger charge is -2.25. The van der Waals surface area contributed by atoms with Crippen LogP contribution < -0.4 is 5.46 Å². The van der Waals surface area contributed by atoms with Crippen LogP contribution in [-0.2, 0) is 4.74 Å². The first-order chi connectivity index (χ1) is 10.1. The predicted octanol–water partition coefficient (Wildman–Crippen LogP) is 0.147. The first kappa shape index (κ1) is 15.9. The third-order valence-corrected chi connectivity index (χ3v) is 3.69. The summed E-state index contributed by atoms with van der Waals surface area (Å²) in [5.41, 5.74) is -0.426. The van der Waals surface area contributed by atoms with Gasteiger partial charge in [0.25, 0.3) is 5.91 Å². The number of halogens is 1. The van der Waals surface area contributed by atoms with Gasteiger partial charge in [-0.15, -0.1) is 0 Å². The highest BCUT2D eigenvalue weighted by atomic mass is 19.1. The van der Waals surface area contributed by atoms with Gasteiger partial charge in [0.2, 0.25) is 0 Å². The highest BCUT2D eigenvalue weighted by Gasteiger charge is 2.32. The minimum atomic E-state index is -1.93. The van der Waals surface area contributed by atoms with Gasteiger partial charge in [0, 0.05) is 18.6 Å². The van der Waals surface area contributed by atoms with Gasteiger partial charge in [0.05, 0.1) is 18.2 Å². The van der Waals surface area contributed by atoms with Crippen LogP contribution in [0.4, 0.5) is 4.39 Å². The molecule has 0 aliphatic carbocycles. The molecule has 5 nitrogen and oxygen atoms in total. The molecule has 0 aromatic heterocycles. The summed E-state index contributed by atoms with van der Waals surface area (Å²) in [6, 6.07) is 4.00. The molecular weight excluding hydrogens is 276 g/mol. The quantitative estimate of drug-likeness (QED) is 0.759. The van der Waals surface area contributed by atoms with E-state index in [0.717, 1.165) is 12.8 Å². The molecule has 1 amide bonds. The van der Waals surface area contributed by atoms with Crippen LogP contribution in [0.3, 0.4) is 0 Å². The third kappa shape index (κ3) is 3.43. The Kier molecular flexibility index (Phi) is 5.33. The second kappa shape index (κ2) is 7.02. The van der Waals surface area contributed by atoms with Crippen molar-refractivity contribution < 1.29 is 24.0 Å². The number of likely N-dealkylation sites (tertiary alicyclic amines) is 1. The number of carbonyl (C=O) groups excluding carboxylic acids is 1. The minimum absolute atomic E-state index is 0.0560. The molecule has 7 heteroatoms. The van der Waals surface area contributed by atoms with Crippen molar-refractivity contribution in [3.05, 3.63) is 29.6 Å². The molecule has 114 valence electrons. The van der Waals surface area contributed by atoms with E-state index in [9.17, 15) is 9.18 Å². The zero-order chi connectivity index (χ0) is 15.4. The van der Waals surface area contributed by atoms with Crippen LogP contribution in [0, 0.1) is 5.82 Å². The van der Waals surface area contributed by atoms with E-state index in [1.165, 1.54) is 18.2 Å². The lowest BCUT2D eigenvalue weighted by Crippen LogP contribution is -2.40. The van der Waals surface area contributed by atoms with Crippen molar-refractivity contribution >= 4 is 18.5 Å². The number of nitrogens with zero attached hydrogens (tertiary/aromatic N) is 1. The maximum Gasteiger partial charge on any atom is 0.491 e. The molecule has 2 rings (SSSR count). The first-order valence-corrected chi connectivity index (χ1v) is 7.09. The number of hydrogen-bond acceptors (Lipinski definition) is 4. The Balaban J connectivity index is 2.21. The van der Waals surface area contributed by atoms with Gasteiger partial charge in [-0.1, -0.05) is 12.1 Å². The van der Waals surface area contributed by atoms with Crippen LogP contribution >= 0.6 is 0 Å². The Bertz CT molecular complexity index is 512. The molecule has 1 aliphatic heterocycles. The number of amides is 1. The molecule has 1 aromatic carbocycles. The number of ether oxygens (including phenoxy) is 1. The van der Waals surface area contributed by atoms with Crippen LogP contribution in [0.15, 0.2) is 18.2 Å². The van der Waals surface area contributed by atoms with E-state index in [0.29, 0.717) is 19.8 Å². The van der Waals surface area contributed by atoms with Gasteiger partial charge in [-0.3, -0.25) is 4.79 Å². The molecule has 0 spiro atoms. The molecule has 1 atom stereocenters. The number of benzene rings is 1. The van der Waals surface area contributed by atoms with E-state index in [2.05, 4.69) is 0 Å². The van der Waals surface area contributed by atoms with Gasteiger partial charge in [-0.25, -0.2) is 4.39 Å². The normalized spacial score (nSPS) is 18.1. The number of rotatable bonds is 5. The summed E-state index contributed by atoms with van der Waals surface area (Å²) < 4.78 is 19.6. The van der Waals surface area contributed by atoms with Crippen molar-refractivity contribution in [2.75, 3.05) is 19.8 Å². The molecule has 0 bridgehead atoms. The van der Waals surface area contributed by atoms with Gasteiger partial charge in [0.15, 0.2) is 0 Å². The Hall–Kier alpha value is -1.44. The summed E-state index contributed by atoms with van der Waals surface area (Å²) in [6.07, 6.45) is 1.68. The maximum absolute atomic E-state index is 14.2. The Morgan fingerprint density at radius 2 is 2.29 bits per heavy atom. The van der Waals surface area contributed by atoms with E-state index >= 15 is 0 Å². The highest BCUT2D eigenvalue weighted by Crippen LogP contribution is 2.21. The molecule has 0 unspecified atom stereocenters. The topological polar surface area (TPSA) is 70.0 Å². The van der Waals surface area contributed by atoms with E-state index in [1.54, 1.807) is 4.90 Å². The Morgan fingerprint density at radius 3 is 2.95 bits per heavy atom. The molecule has 1 fully saturated rings. The van der Waals surface area contributed by atoms with Crippen molar-refractivity contribution in [2.24, 2.45) is 0 Å². The summed E-state index contributed by atoms with van der Waals surface area (Å²) in [5, 5.41) is 18.2. The highest BCUT2D eigenvalue weighted by molar-refractivity contribution is 6.58. The molecule has 0 radical (unpaired) electrons. The molecule has 1 heterocycles. The average molecular weight is 295 g/mol. The van der Waals surface area contributed by atoms with Gasteiger partial charge >= 0.3 is 7.12 Å². The first-order valence-electron chi connectivity index (χ1n) is 7.09. The van der Waals surface area contributed by atoms with Crippen LogP contribution in [0.5, 0.6) is 0 Å². The van der Waals surface area contributed by atoms with Crippen LogP contribution in [-0.4, -0.2) is 53.8 Å². The molecule has 1 aromatic rings. The summed E-state index contributed by atoms with van der Waals surface area (Å²) in [6.45, 7) is 3.44. The summed E-state index contributed by atoms with van der Waals surface area (Å²) in [4.78, 5) is 14.1. The third-order valence-electron chi connectivity index (χ3n) is 3.69. The van der Waals surface area contributed by atoms with E-state index in [4.69, 9.17) is 14.8 Å². The smallest absolute Gasteiger partial charge is 0.423 e. The van der Waals surface area contributed by atoms with Crippen molar-refractivity contribution in [1.29, 1.82) is 0 Å². The predicted molar refractivity (Wildman–Crippen MR) is 76.8 cm³/mol. The Morgan fingerprint density at radius 1 is 1.52 bits per heavy atom. The van der Waals surface area contributed by atoms with Crippen molar-refractivity contribution in [3.63, 3.8) is 0 Å². The SMILES string of the molecule is CCOC[C@@H]1CCCN1C(=O)c1cccc(B(O)O)c1F. The van der Waals surface area contributed by atoms with Crippen LogP contribution in [0.25, 0.3) is 0 Å². The second-order valence-corrected chi connectivity index (χ2v) is 5.04. The summed E-state index contributed by atoms with van der Waals surface area (Å²) >= 11 is 0. The lowest BCUT2D eigenvalue weighted by molar-refractivity contribution is 0.0561.